The number of carbonyl (C=O) groups is 1. The number of para-hydroxylation sites is 3. The van der Waals surface area contributed by atoms with Crippen LogP contribution in [0.1, 0.15) is 0 Å². The number of nitrogens with zero attached hydrogens (tertiary/aromatic N) is 2. The molecule has 0 radical (unpaired) electrons. The SMILES string of the molecule is C=C(C#N)C(=O)O.c1ccc(N(c2ccccc2)c2ccccc2)cc1.c1ccsc1. The minimum absolute atomic E-state index is 0.431. The lowest BCUT2D eigenvalue weighted by Crippen LogP contribution is -2.09. The summed E-state index contributed by atoms with van der Waals surface area (Å²) in [5.74, 6) is -1.26. The molecule has 0 saturated carbocycles. The van der Waals surface area contributed by atoms with Crippen LogP contribution in [0.2, 0.25) is 0 Å². The highest BCUT2D eigenvalue weighted by atomic mass is 32.1. The average Bonchev–Trinajstić information content (AvgIpc) is 3.42. The molecule has 4 aromatic rings. The zero-order chi connectivity index (χ0) is 22.3. The first-order valence-corrected chi connectivity index (χ1v) is 10.3. The quantitative estimate of drug-likeness (QED) is 0.280. The van der Waals surface area contributed by atoms with Crippen LogP contribution in [0.4, 0.5) is 17.1 Å². The van der Waals surface area contributed by atoms with Gasteiger partial charge in [-0.15, -0.1) is 0 Å². The molecule has 0 amide bonds. The zero-order valence-electron chi connectivity index (χ0n) is 16.8. The van der Waals surface area contributed by atoms with Crippen molar-refractivity contribution in [2.75, 3.05) is 4.90 Å². The van der Waals surface area contributed by atoms with E-state index in [0.29, 0.717) is 0 Å². The second-order valence-electron chi connectivity index (χ2n) is 6.03. The van der Waals surface area contributed by atoms with Crippen LogP contribution >= 0.6 is 11.3 Å². The highest BCUT2D eigenvalue weighted by molar-refractivity contribution is 7.07. The summed E-state index contributed by atoms with van der Waals surface area (Å²) in [4.78, 5) is 11.9. The molecule has 0 aliphatic carbocycles. The minimum Gasteiger partial charge on any atom is -0.477 e. The van der Waals surface area contributed by atoms with Crippen LogP contribution in [0, 0.1) is 11.3 Å². The molecular weight excluding hydrogens is 404 g/mol. The predicted octanol–water partition coefficient (Wildman–Crippen LogP) is 7.06. The Kier molecular flexibility index (Phi) is 9.82. The molecule has 0 fully saturated rings. The van der Waals surface area contributed by atoms with E-state index in [2.05, 4.69) is 84.3 Å². The summed E-state index contributed by atoms with van der Waals surface area (Å²) in [5.41, 5.74) is 3.07. The van der Waals surface area contributed by atoms with E-state index >= 15 is 0 Å². The molecule has 1 N–H and O–H groups in total. The van der Waals surface area contributed by atoms with Gasteiger partial charge in [0.25, 0.3) is 0 Å². The van der Waals surface area contributed by atoms with Gasteiger partial charge in [0.05, 0.1) is 0 Å². The number of hydrogen-bond donors (Lipinski definition) is 1. The van der Waals surface area contributed by atoms with E-state index in [0.717, 1.165) is 0 Å². The number of carboxylic acid groups (broad SMARTS) is 1. The van der Waals surface area contributed by atoms with E-state index in [-0.39, 0.29) is 0 Å². The average molecular weight is 427 g/mol. The van der Waals surface area contributed by atoms with Crippen molar-refractivity contribution in [3.05, 3.63) is 126 Å². The molecule has 0 saturated heterocycles. The number of hydrogen-bond acceptors (Lipinski definition) is 4. The van der Waals surface area contributed by atoms with Crippen molar-refractivity contribution >= 4 is 34.4 Å². The van der Waals surface area contributed by atoms with Gasteiger partial charge in [-0.05, 0) is 47.2 Å². The topological polar surface area (TPSA) is 64.3 Å². The molecule has 5 heteroatoms. The number of aliphatic carboxylic acids is 1. The van der Waals surface area contributed by atoms with Gasteiger partial charge in [0.1, 0.15) is 11.6 Å². The van der Waals surface area contributed by atoms with Crippen molar-refractivity contribution in [3.63, 3.8) is 0 Å². The summed E-state index contributed by atoms with van der Waals surface area (Å²) in [6.45, 7) is 2.91. The monoisotopic (exact) mass is 426 g/mol. The molecule has 3 aromatic carbocycles. The molecule has 4 nitrogen and oxygen atoms in total. The Labute approximate surface area is 186 Å². The molecule has 1 heterocycles. The Morgan fingerprint density at radius 3 is 1.29 bits per heavy atom. The van der Waals surface area contributed by atoms with Gasteiger partial charge in [0.2, 0.25) is 0 Å². The second kappa shape index (κ2) is 13.2. The van der Waals surface area contributed by atoms with Crippen LogP contribution in [0.3, 0.4) is 0 Å². The van der Waals surface area contributed by atoms with Gasteiger partial charge in [-0.2, -0.15) is 16.6 Å². The van der Waals surface area contributed by atoms with E-state index in [9.17, 15) is 4.79 Å². The maximum absolute atomic E-state index is 9.61. The largest absolute Gasteiger partial charge is 0.477 e. The van der Waals surface area contributed by atoms with Crippen molar-refractivity contribution in [1.82, 2.24) is 0 Å². The van der Waals surface area contributed by atoms with Gasteiger partial charge in [-0.25, -0.2) is 4.79 Å². The first-order chi connectivity index (χ1) is 15.1. The molecule has 31 heavy (non-hydrogen) atoms. The van der Waals surface area contributed by atoms with Crippen molar-refractivity contribution in [1.29, 1.82) is 5.26 Å². The van der Waals surface area contributed by atoms with E-state index < -0.39 is 11.5 Å². The third kappa shape index (κ3) is 8.01. The summed E-state index contributed by atoms with van der Waals surface area (Å²) in [7, 11) is 0. The lowest BCUT2D eigenvalue weighted by molar-refractivity contribution is -0.132. The Balaban J connectivity index is 0.000000234. The van der Waals surface area contributed by atoms with Crippen LogP contribution in [0.25, 0.3) is 0 Å². The van der Waals surface area contributed by atoms with E-state index in [4.69, 9.17) is 10.4 Å². The van der Waals surface area contributed by atoms with Crippen LogP contribution in [0.15, 0.2) is 126 Å². The molecule has 4 rings (SSSR count). The standard InChI is InChI=1S/C18H15N.C4H3NO2.C4H4S/c1-4-10-16(11-5-1)19(17-12-6-2-7-13-17)18-14-8-3-9-15-18;1-3(2-5)4(6)7;1-2-4-5-3-1/h1-15H;1H2,(H,6,7);1-4H. The Hall–Kier alpha value is -4.14. The molecule has 1 aromatic heterocycles. The molecule has 0 aliphatic heterocycles. The third-order valence-corrected chi connectivity index (χ3v) is 4.49. The fraction of sp³-hybridized carbons (Fsp3) is 0. The molecule has 0 unspecified atom stereocenters. The molecule has 154 valence electrons. The van der Waals surface area contributed by atoms with Crippen molar-refractivity contribution in [2.24, 2.45) is 0 Å². The van der Waals surface area contributed by atoms with Crippen LogP contribution in [-0.4, -0.2) is 11.1 Å². The van der Waals surface area contributed by atoms with Crippen LogP contribution < -0.4 is 4.90 Å². The lowest BCUT2D eigenvalue weighted by atomic mass is 10.2. The summed E-state index contributed by atoms with van der Waals surface area (Å²) in [6.07, 6.45) is 0. The number of anilines is 3. The van der Waals surface area contributed by atoms with Crippen molar-refractivity contribution in [2.45, 2.75) is 0 Å². The summed E-state index contributed by atoms with van der Waals surface area (Å²) in [5, 5.41) is 19.7. The lowest BCUT2D eigenvalue weighted by Gasteiger charge is -2.25. The van der Waals surface area contributed by atoms with E-state index in [1.54, 1.807) is 11.3 Å². The molecule has 0 atom stereocenters. The van der Waals surface area contributed by atoms with Crippen molar-refractivity contribution in [3.8, 4) is 6.07 Å². The molecule has 0 spiro atoms. The maximum Gasteiger partial charge on any atom is 0.345 e. The second-order valence-corrected chi connectivity index (χ2v) is 6.85. The van der Waals surface area contributed by atoms with Crippen LogP contribution in [-0.2, 0) is 4.79 Å². The normalized spacial score (nSPS) is 9.00. The third-order valence-electron chi connectivity index (χ3n) is 3.86. The molecule has 0 aliphatic rings. The number of thiophene rings is 1. The Morgan fingerprint density at radius 1 is 0.742 bits per heavy atom. The highest BCUT2D eigenvalue weighted by Gasteiger charge is 2.10. The molecular formula is C26H22N2O2S. The van der Waals surface area contributed by atoms with E-state index in [1.165, 1.54) is 23.1 Å². The number of carboxylic acids is 1. The molecule has 0 bridgehead atoms. The van der Waals surface area contributed by atoms with Crippen molar-refractivity contribution < 1.29 is 9.90 Å². The van der Waals surface area contributed by atoms with Gasteiger partial charge in [0.15, 0.2) is 0 Å². The highest BCUT2D eigenvalue weighted by Crippen LogP contribution is 2.33. The minimum atomic E-state index is -1.26. The van der Waals surface area contributed by atoms with E-state index in [1.807, 2.05) is 41.1 Å². The first kappa shape index (κ1) is 23.1. The number of benzene rings is 3. The Bertz CT molecular complexity index is 964. The number of rotatable bonds is 4. The smallest absolute Gasteiger partial charge is 0.345 e. The summed E-state index contributed by atoms with van der Waals surface area (Å²) < 4.78 is 0. The first-order valence-electron chi connectivity index (χ1n) is 9.38. The van der Waals surface area contributed by atoms with Crippen LogP contribution in [0.5, 0.6) is 0 Å². The van der Waals surface area contributed by atoms with Gasteiger partial charge >= 0.3 is 5.97 Å². The number of nitriles is 1. The Morgan fingerprint density at radius 2 is 1.10 bits per heavy atom. The fourth-order valence-electron chi connectivity index (χ4n) is 2.45. The van der Waals surface area contributed by atoms with Gasteiger partial charge in [-0.3, -0.25) is 0 Å². The maximum atomic E-state index is 9.61. The van der Waals surface area contributed by atoms with Gasteiger partial charge < -0.3 is 10.0 Å². The zero-order valence-corrected chi connectivity index (χ0v) is 17.7. The van der Waals surface area contributed by atoms with Gasteiger partial charge in [0, 0.05) is 17.1 Å². The summed E-state index contributed by atoms with van der Waals surface area (Å²) in [6, 6.07) is 36.7. The summed E-state index contributed by atoms with van der Waals surface area (Å²) >= 11 is 1.71. The van der Waals surface area contributed by atoms with Gasteiger partial charge in [-0.1, -0.05) is 73.3 Å². The fourth-order valence-corrected chi connectivity index (χ4v) is 2.91. The predicted molar refractivity (Wildman–Crippen MR) is 128 cm³/mol.